The Hall–Kier alpha value is -2.89. The number of carbonyl (C=O) groups is 3. The van der Waals surface area contributed by atoms with Crippen molar-refractivity contribution in [3.63, 3.8) is 0 Å². The maximum absolute atomic E-state index is 12.0. The van der Waals surface area contributed by atoms with Crippen molar-refractivity contribution in [2.75, 3.05) is 6.54 Å². The van der Waals surface area contributed by atoms with Gasteiger partial charge < -0.3 is 15.6 Å². The van der Waals surface area contributed by atoms with Crippen LogP contribution in [-0.4, -0.2) is 28.7 Å². The fourth-order valence-electron chi connectivity index (χ4n) is 2.34. The highest BCUT2D eigenvalue weighted by atomic mass is 16.2. The standard InChI is InChI=1S/C17H19N3O3/c1-12(21)14-8-10-20(11-16(23)19-9-7-15(18)22)17(14)13-5-3-2-4-6-13/h2-6,8,10H,7,9,11H2,1H3,(H2,18,22)(H,19,23). The molecule has 1 aromatic carbocycles. The van der Waals surface area contributed by atoms with Gasteiger partial charge in [0, 0.05) is 24.7 Å². The molecular weight excluding hydrogens is 294 g/mol. The first kappa shape index (κ1) is 16.5. The third kappa shape index (κ3) is 4.29. The fraction of sp³-hybridized carbons (Fsp3) is 0.235. The second-order valence-corrected chi connectivity index (χ2v) is 5.19. The average Bonchev–Trinajstić information content (AvgIpc) is 2.91. The zero-order chi connectivity index (χ0) is 16.8. The van der Waals surface area contributed by atoms with Gasteiger partial charge in [-0.15, -0.1) is 0 Å². The van der Waals surface area contributed by atoms with Crippen LogP contribution in [0.1, 0.15) is 23.7 Å². The first-order valence-electron chi connectivity index (χ1n) is 7.29. The van der Waals surface area contributed by atoms with Gasteiger partial charge >= 0.3 is 0 Å². The Bertz CT molecular complexity index is 720. The molecule has 0 saturated heterocycles. The molecule has 0 unspecified atom stereocenters. The van der Waals surface area contributed by atoms with Crippen molar-refractivity contribution >= 4 is 17.6 Å². The molecule has 0 fully saturated rings. The molecular formula is C17H19N3O3. The summed E-state index contributed by atoms with van der Waals surface area (Å²) in [5.74, 6) is -0.763. The minimum atomic E-state index is -0.463. The van der Waals surface area contributed by atoms with Gasteiger partial charge in [-0.05, 0) is 18.6 Å². The number of nitrogens with two attached hydrogens (primary N) is 1. The molecule has 6 nitrogen and oxygen atoms in total. The van der Waals surface area contributed by atoms with Crippen molar-refractivity contribution in [3.05, 3.63) is 48.2 Å². The molecule has 3 N–H and O–H groups in total. The molecule has 6 heteroatoms. The predicted octanol–water partition coefficient (Wildman–Crippen LogP) is 1.35. The lowest BCUT2D eigenvalue weighted by atomic mass is 10.1. The van der Waals surface area contributed by atoms with Crippen molar-refractivity contribution in [3.8, 4) is 11.3 Å². The third-order valence-corrected chi connectivity index (χ3v) is 3.40. The van der Waals surface area contributed by atoms with E-state index in [4.69, 9.17) is 5.73 Å². The second-order valence-electron chi connectivity index (χ2n) is 5.19. The Balaban J connectivity index is 2.21. The summed E-state index contributed by atoms with van der Waals surface area (Å²) in [6.45, 7) is 1.77. The van der Waals surface area contributed by atoms with Crippen LogP contribution < -0.4 is 11.1 Å². The fourth-order valence-corrected chi connectivity index (χ4v) is 2.34. The van der Waals surface area contributed by atoms with Crippen LogP contribution in [0.15, 0.2) is 42.6 Å². The number of aromatic nitrogens is 1. The highest BCUT2D eigenvalue weighted by Crippen LogP contribution is 2.25. The average molecular weight is 313 g/mol. The third-order valence-electron chi connectivity index (χ3n) is 3.40. The van der Waals surface area contributed by atoms with E-state index >= 15 is 0 Å². The largest absolute Gasteiger partial charge is 0.370 e. The zero-order valence-electron chi connectivity index (χ0n) is 12.9. The Labute approximate surface area is 134 Å². The van der Waals surface area contributed by atoms with Crippen molar-refractivity contribution in [1.29, 1.82) is 0 Å². The molecule has 0 spiro atoms. The number of benzene rings is 1. The number of rotatable bonds is 7. The number of hydrogen-bond acceptors (Lipinski definition) is 3. The van der Waals surface area contributed by atoms with Gasteiger partial charge in [-0.25, -0.2) is 0 Å². The van der Waals surface area contributed by atoms with Crippen LogP contribution in [0.2, 0.25) is 0 Å². The van der Waals surface area contributed by atoms with Gasteiger partial charge in [0.05, 0.1) is 5.69 Å². The summed E-state index contributed by atoms with van der Waals surface area (Å²) in [5, 5.41) is 2.63. The molecule has 1 aromatic heterocycles. The lowest BCUT2D eigenvalue weighted by molar-refractivity contribution is -0.122. The smallest absolute Gasteiger partial charge is 0.239 e. The molecule has 0 bridgehead atoms. The summed E-state index contributed by atoms with van der Waals surface area (Å²) >= 11 is 0. The molecule has 1 heterocycles. The van der Waals surface area contributed by atoms with Gasteiger partial charge in [-0.2, -0.15) is 0 Å². The Morgan fingerprint density at radius 3 is 2.43 bits per heavy atom. The van der Waals surface area contributed by atoms with Gasteiger partial charge in [0.25, 0.3) is 0 Å². The predicted molar refractivity (Wildman–Crippen MR) is 86.7 cm³/mol. The van der Waals surface area contributed by atoms with E-state index < -0.39 is 5.91 Å². The Morgan fingerprint density at radius 1 is 1.13 bits per heavy atom. The van der Waals surface area contributed by atoms with E-state index in [1.165, 1.54) is 6.92 Å². The van der Waals surface area contributed by atoms with Crippen LogP contribution in [0.25, 0.3) is 11.3 Å². The van der Waals surface area contributed by atoms with Crippen LogP contribution in [0, 0.1) is 0 Å². The SMILES string of the molecule is CC(=O)c1ccn(CC(=O)NCCC(N)=O)c1-c1ccccc1. The Kier molecular flexibility index (Phi) is 5.30. The van der Waals surface area contributed by atoms with Crippen LogP contribution in [-0.2, 0) is 16.1 Å². The Morgan fingerprint density at radius 2 is 1.83 bits per heavy atom. The molecule has 0 atom stereocenters. The van der Waals surface area contributed by atoms with Gasteiger partial charge in [-0.1, -0.05) is 30.3 Å². The number of ketones is 1. The number of hydrogen-bond donors (Lipinski definition) is 2. The lowest BCUT2D eigenvalue weighted by Crippen LogP contribution is -2.30. The molecule has 0 radical (unpaired) electrons. The van der Waals surface area contributed by atoms with Crippen LogP contribution in [0.4, 0.5) is 0 Å². The summed E-state index contributed by atoms with van der Waals surface area (Å²) in [7, 11) is 0. The lowest BCUT2D eigenvalue weighted by Gasteiger charge is -2.11. The van der Waals surface area contributed by atoms with E-state index in [2.05, 4.69) is 5.32 Å². The van der Waals surface area contributed by atoms with Gasteiger partial charge in [-0.3, -0.25) is 14.4 Å². The summed E-state index contributed by atoms with van der Waals surface area (Å²) in [4.78, 5) is 34.5. The molecule has 0 aliphatic carbocycles. The minimum absolute atomic E-state index is 0.0586. The van der Waals surface area contributed by atoms with Crippen molar-refractivity contribution < 1.29 is 14.4 Å². The van der Waals surface area contributed by atoms with Crippen molar-refractivity contribution in [2.24, 2.45) is 5.73 Å². The van der Waals surface area contributed by atoms with Gasteiger partial charge in [0.15, 0.2) is 5.78 Å². The van der Waals surface area contributed by atoms with E-state index in [0.29, 0.717) is 11.3 Å². The number of Topliss-reactive ketones (excluding diaryl/α,β-unsaturated/α-hetero) is 1. The molecule has 0 saturated carbocycles. The van der Waals surface area contributed by atoms with Crippen LogP contribution >= 0.6 is 0 Å². The van der Waals surface area contributed by atoms with E-state index in [1.54, 1.807) is 16.8 Å². The number of primary amides is 1. The number of carbonyl (C=O) groups excluding carboxylic acids is 3. The summed E-state index contributed by atoms with van der Waals surface area (Å²) in [6, 6.07) is 11.1. The van der Waals surface area contributed by atoms with E-state index in [0.717, 1.165) is 5.56 Å². The topological polar surface area (TPSA) is 94.2 Å². The zero-order valence-corrected chi connectivity index (χ0v) is 12.9. The molecule has 0 aliphatic heterocycles. The van der Waals surface area contributed by atoms with Crippen LogP contribution in [0.3, 0.4) is 0 Å². The summed E-state index contributed by atoms with van der Waals surface area (Å²) in [5.41, 5.74) is 7.18. The highest BCUT2D eigenvalue weighted by molar-refractivity contribution is 6.00. The molecule has 2 amide bonds. The molecule has 23 heavy (non-hydrogen) atoms. The molecule has 2 rings (SSSR count). The maximum Gasteiger partial charge on any atom is 0.239 e. The number of amides is 2. The first-order valence-corrected chi connectivity index (χ1v) is 7.29. The quantitative estimate of drug-likeness (QED) is 0.755. The molecule has 2 aromatic rings. The second kappa shape index (κ2) is 7.40. The van der Waals surface area contributed by atoms with Crippen molar-refractivity contribution in [1.82, 2.24) is 9.88 Å². The number of nitrogens with one attached hydrogen (secondary N) is 1. The molecule has 0 aliphatic rings. The normalized spacial score (nSPS) is 10.3. The van der Waals surface area contributed by atoms with Crippen LogP contribution in [0.5, 0.6) is 0 Å². The number of nitrogens with zero attached hydrogens (tertiary/aromatic N) is 1. The van der Waals surface area contributed by atoms with Gasteiger partial charge in [0.1, 0.15) is 6.54 Å². The van der Waals surface area contributed by atoms with E-state index in [9.17, 15) is 14.4 Å². The first-order chi connectivity index (χ1) is 11.0. The minimum Gasteiger partial charge on any atom is -0.370 e. The molecule has 120 valence electrons. The summed E-state index contributed by atoms with van der Waals surface area (Å²) < 4.78 is 1.73. The van der Waals surface area contributed by atoms with Gasteiger partial charge in [0.2, 0.25) is 11.8 Å². The monoisotopic (exact) mass is 313 g/mol. The maximum atomic E-state index is 12.0. The van der Waals surface area contributed by atoms with Crippen molar-refractivity contribution in [2.45, 2.75) is 19.9 Å². The summed E-state index contributed by atoms with van der Waals surface area (Å²) in [6.07, 6.45) is 1.81. The van der Waals surface area contributed by atoms with E-state index in [1.807, 2.05) is 30.3 Å². The van der Waals surface area contributed by atoms with E-state index in [-0.39, 0.29) is 31.2 Å². The highest BCUT2D eigenvalue weighted by Gasteiger charge is 2.16.